The van der Waals surface area contributed by atoms with E-state index in [1.165, 1.54) is 6.07 Å². The Morgan fingerprint density at radius 3 is 2.39 bits per heavy atom. The summed E-state index contributed by atoms with van der Waals surface area (Å²) in [4.78, 5) is 38.4. The fraction of sp³-hybridized carbons (Fsp3) is 0.375. The number of nitrogens with two attached hydrogens (primary N) is 1. The lowest BCUT2D eigenvalue weighted by Gasteiger charge is -2.21. The molecule has 0 saturated carbocycles. The van der Waals surface area contributed by atoms with Crippen LogP contribution in [0.1, 0.15) is 71.4 Å². The van der Waals surface area contributed by atoms with Crippen LogP contribution in [0.2, 0.25) is 0 Å². The van der Waals surface area contributed by atoms with Gasteiger partial charge in [-0.3, -0.25) is 14.4 Å². The van der Waals surface area contributed by atoms with Crippen LogP contribution in [0, 0.1) is 5.92 Å². The van der Waals surface area contributed by atoms with Gasteiger partial charge in [-0.2, -0.15) is 0 Å². The van der Waals surface area contributed by atoms with Crippen LogP contribution < -0.4 is 5.73 Å². The van der Waals surface area contributed by atoms with Gasteiger partial charge in [-0.15, -0.1) is 11.8 Å². The van der Waals surface area contributed by atoms with Gasteiger partial charge in [0.1, 0.15) is 5.75 Å². The molecule has 0 bridgehead atoms. The van der Waals surface area contributed by atoms with E-state index in [-0.39, 0.29) is 45.4 Å². The van der Waals surface area contributed by atoms with Gasteiger partial charge in [0.2, 0.25) is 0 Å². The van der Waals surface area contributed by atoms with E-state index in [9.17, 15) is 19.5 Å². The first kappa shape index (κ1) is 22.9. The molecule has 2 aromatic carbocycles. The number of ketones is 2. The summed E-state index contributed by atoms with van der Waals surface area (Å²) in [6, 6.07) is 7.79. The first-order chi connectivity index (χ1) is 14.9. The number of phenolic OH excluding ortho intramolecular Hbond substituents is 1. The van der Waals surface area contributed by atoms with Crippen molar-refractivity contribution in [2.45, 2.75) is 44.4 Å². The van der Waals surface area contributed by atoms with Gasteiger partial charge in [-0.1, -0.05) is 57.4 Å². The SMILES string of the molecule is CCCCC(CC)COC(=O)CSc1cc(O)c2c(c1N)C(=O)c1ccccc1C2=O. The third-order valence-corrected chi connectivity index (χ3v) is 6.58. The molecule has 0 fully saturated rings. The van der Waals surface area contributed by atoms with E-state index in [0.717, 1.165) is 37.4 Å². The number of fused-ring (bicyclic) bond motifs is 2. The number of unbranched alkanes of at least 4 members (excludes halogenated alkanes) is 1. The Labute approximate surface area is 186 Å². The molecular weight excluding hydrogens is 414 g/mol. The topological polar surface area (TPSA) is 107 Å². The molecule has 0 aliphatic heterocycles. The highest BCUT2D eigenvalue weighted by Gasteiger charge is 2.34. The van der Waals surface area contributed by atoms with Crippen molar-refractivity contribution >= 4 is 35.0 Å². The number of carbonyl (C=O) groups excluding carboxylic acids is 3. The van der Waals surface area contributed by atoms with E-state index in [1.54, 1.807) is 24.3 Å². The lowest BCUT2D eigenvalue weighted by Crippen LogP contribution is -2.23. The van der Waals surface area contributed by atoms with Crippen LogP contribution in [-0.2, 0) is 9.53 Å². The predicted molar refractivity (Wildman–Crippen MR) is 121 cm³/mol. The fourth-order valence-electron chi connectivity index (χ4n) is 3.68. The molecule has 2 aromatic rings. The molecule has 3 N–H and O–H groups in total. The average molecular weight is 442 g/mol. The summed E-state index contributed by atoms with van der Waals surface area (Å²) in [6.45, 7) is 4.59. The largest absolute Gasteiger partial charge is 0.507 e. The zero-order valence-electron chi connectivity index (χ0n) is 17.8. The molecule has 1 atom stereocenters. The summed E-state index contributed by atoms with van der Waals surface area (Å²) in [7, 11) is 0. The molecule has 1 aliphatic rings. The molecule has 0 saturated heterocycles. The van der Waals surface area contributed by atoms with Gasteiger partial charge >= 0.3 is 5.97 Å². The monoisotopic (exact) mass is 441 g/mol. The minimum atomic E-state index is -0.442. The number of ether oxygens (including phenoxy) is 1. The molecule has 6 nitrogen and oxygen atoms in total. The second-order valence-corrected chi connectivity index (χ2v) is 8.67. The second kappa shape index (κ2) is 10.0. The van der Waals surface area contributed by atoms with Crippen LogP contribution in [0.5, 0.6) is 5.75 Å². The number of hydrogen-bond acceptors (Lipinski definition) is 7. The molecule has 0 heterocycles. The van der Waals surface area contributed by atoms with Gasteiger partial charge in [0, 0.05) is 16.0 Å². The van der Waals surface area contributed by atoms with Gasteiger partial charge in [0.05, 0.1) is 29.2 Å². The number of thioether (sulfide) groups is 1. The number of aromatic hydroxyl groups is 1. The molecule has 7 heteroatoms. The van der Waals surface area contributed by atoms with Crippen molar-refractivity contribution in [2.24, 2.45) is 5.92 Å². The molecule has 1 unspecified atom stereocenters. The van der Waals surface area contributed by atoms with Crippen LogP contribution >= 0.6 is 11.8 Å². The van der Waals surface area contributed by atoms with Crippen molar-refractivity contribution in [1.82, 2.24) is 0 Å². The minimum absolute atomic E-state index is 0.00857. The Balaban J connectivity index is 1.74. The summed E-state index contributed by atoms with van der Waals surface area (Å²) >= 11 is 1.08. The quantitative estimate of drug-likeness (QED) is 0.216. The van der Waals surface area contributed by atoms with Crippen molar-refractivity contribution in [2.75, 3.05) is 18.1 Å². The Hall–Kier alpha value is -2.80. The highest BCUT2D eigenvalue weighted by molar-refractivity contribution is 8.00. The number of rotatable bonds is 9. The highest BCUT2D eigenvalue weighted by atomic mass is 32.2. The van der Waals surface area contributed by atoms with E-state index < -0.39 is 11.6 Å². The first-order valence-corrected chi connectivity index (χ1v) is 11.5. The summed E-state index contributed by atoms with van der Waals surface area (Å²) < 4.78 is 5.40. The zero-order valence-corrected chi connectivity index (χ0v) is 18.6. The Morgan fingerprint density at radius 2 is 1.77 bits per heavy atom. The summed E-state index contributed by atoms with van der Waals surface area (Å²) in [5.74, 6) is -1.23. The number of esters is 1. The number of carbonyl (C=O) groups is 3. The molecule has 0 radical (unpaired) electrons. The van der Waals surface area contributed by atoms with Gasteiger partial charge in [0.25, 0.3) is 0 Å². The van der Waals surface area contributed by atoms with Crippen molar-refractivity contribution in [3.05, 3.63) is 52.6 Å². The van der Waals surface area contributed by atoms with Gasteiger partial charge in [-0.25, -0.2) is 0 Å². The number of anilines is 1. The van der Waals surface area contributed by atoms with Crippen molar-refractivity contribution in [1.29, 1.82) is 0 Å². The zero-order chi connectivity index (χ0) is 22.5. The van der Waals surface area contributed by atoms with Crippen LogP contribution in [0.3, 0.4) is 0 Å². The predicted octanol–water partition coefficient (Wildman–Crippen LogP) is 4.60. The van der Waals surface area contributed by atoms with Crippen molar-refractivity contribution in [3.8, 4) is 5.75 Å². The van der Waals surface area contributed by atoms with Crippen molar-refractivity contribution < 1.29 is 24.2 Å². The number of phenols is 1. The van der Waals surface area contributed by atoms with Gasteiger partial charge in [0.15, 0.2) is 11.6 Å². The summed E-state index contributed by atoms with van der Waals surface area (Å²) in [6.07, 6.45) is 4.18. The van der Waals surface area contributed by atoms with Crippen LogP contribution in [-0.4, -0.2) is 35.0 Å². The maximum absolute atomic E-state index is 13.0. The van der Waals surface area contributed by atoms with Crippen molar-refractivity contribution in [3.63, 3.8) is 0 Å². The molecule has 3 rings (SSSR count). The maximum atomic E-state index is 13.0. The minimum Gasteiger partial charge on any atom is -0.507 e. The Bertz CT molecular complexity index is 1020. The third kappa shape index (κ3) is 4.77. The van der Waals surface area contributed by atoms with E-state index in [1.807, 2.05) is 0 Å². The van der Waals surface area contributed by atoms with E-state index in [4.69, 9.17) is 10.5 Å². The lowest BCUT2D eigenvalue weighted by atomic mass is 9.83. The average Bonchev–Trinajstić information content (AvgIpc) is 2.77. The van der Waals surface area contributed by atoms with E-state index >= 15 is 0 Å². The fourth-order valence-corrected chi connectivity index (χ4v) is 4.49. The summed E-state index contributed by atoms with van der Waals surface area (Å²) in [5, 5.41) is 10.5. The smallest absolute Gasteiger partial charge is 0.316 e. The second-order valence-electron chi connectivity index (χ2n) is 7.65. The molecule has 164 valence electrons. The summed E-state index contributed by atoms with van der Waals surface area (Å²) in [5.41, 5.74) is 6.70. The van der Waals surface area contributed by atoms with E-state index in [0.29, 0.717) is 17.4 Å². The standard InChI is InChI=1S/C24H27NO5S/c1-3-5-8-14(4-2)12-30-19(27)13-31-18-11-17(26)20-21(22(18)25)24(29)16-10-7-6-9-15(16)23(20)28/h6-7,9-11,14,26H,3-5,8,12-13,25H2,1-2H3. The Morgan fingerprint density at radius 1 is 1.13 bits per heavy atom. The molecule has 0 aromatic heterocycles. The third-order valence-electron chi connectivity index (χ3n) is 5.55. The first-order valence-electron chi connectivity index (χ1n) is 10.5. The molecule has 1 aliphatic carbocycles. The van der Waals surface area contributed by atoms with Gasteiger partial charge < -0.3 is 15.6 Å². The normalized spacial score (nSPS) is 13.5. The number of benzene rings is 2. The maximum Gasteiger partial charge on any atom is 0.316 e. The molecular formula is C24H27NO5S. The van der Waals surface area contributed by atoms with E-state index in [2.05, 4.69) is 13.8 Å². The van der Waals surface area contributed by atoms with Crippen LogP contribution in [0.25, 0.3) is 0 Å². The molecule has 31 heavy (non-hydrogen) atoms. The van der Waals surface area contributed by atoms with Crippen LogP contribution in [0.4, 0.5) is 5.69 Å². The highest BCUT2D eigenvalue weighted by Crippen LogP contribution is 2.41. The molecule has 0 spiro atoms. The number of nitrogen functional groups attached to an aromatic ring is 1. The lowest BCUT2D eigenvalue weighted by molar-refractivity contribution is -0.141. The van der Waals surface area contributed by atoms with Gasteiger partial charge in [-0.05, 0) is 18.4 Å². The van der Waals surface area contributed by atoms with Crippen LogP contribution in [0.15, 0.2) is 35.2 Å². The molecule has 0 amide bonds. The Kier molecular flexibility index (Phi) is 7.38. The number of hydrogen-bond donors (Lipinski definition) is 2.